The quantitative estimate of drug-likeness (QED) is 0.157. The maximum atomic E-state index is 12.2. The summed E-state index contributed by atoms with van der Waals surface area (Å²) in [5.41, 5.74) is -1.28. The van der Waals surface area contributed by atoms with E-state index in [1.165, 1.54) is 6.20 Å². The Morgan fingerprint density at radius 3 is 2.59 bits per heavy atom. The first-order chi connectivity index (χ1) is 18.4. The van der Waals surface area contributed by atoms with Crippen molar-refractivity contribution in [2.45, 2.75) is 38.0 Å². The van der Waals surface area contributed by atoms with Crippen molar-refractivity contribution >= 4 is 21.7 Å². The minimum atomic E-state index is -4.51. The number of carbonyl (C=O) groups is 1. The van der Waals surface area contributed by atoms with Crippen molar-refractivity contribution in [3.63, 3.8) is 0 Å². The van der Waals surface area contributed by atoms with Crippen LogP contribution in [0.25, 0.3) is 0 Å². The van der Waals surface area contributed by atoms with Gasteiger partial charge in [0.05, 0.1) is 19.3 Å². The highest BCUT2D eigenvalue weighted by molar-refractivity contribution is 7.47. The van der Waals surface area contributed by atoms with Gasteiger partial charge in [-0.2, -0.15) is 0 Å². The number of aromatic amines is 1. The molecule has 19 heteroatoms. The van der Waals surface area contributed by atoms with Crippen LogP contribution in [0.4, 0.5) is 4.79 Å². The van der Waals surface area contributed by atoms with Crippen molar-refractivity contribution in [1.82, 2.24) is 19.8 Å². The van der Waals surface area contributed by atoms with Gasteiger partial charge in [-0.1, -0.05) is 12.8 Å². The van der Waals surface area contributed by atoms with E-state index in [-0.39, 0.29) is 39.5 Å². The number of amides is 1. The average molecular weight is 601 g/mol. The van der Waals surface area contributed by atoms with Gasteiger partial charge in [-0.3, -0.25) is 32.9 Å². The van der Waals surface area contributed by atoms with Gasteiger partial charge in [-0.05, 0) is 12.8 Å². The van der Waals surface area contributed by atoms with Crippen LogP contribution in [0.5, 0.6) is 0 Å². The molecule has 0 spiro atoms. The molecule has 39 heavy (non-hydrogen) atoms. The summed E-state index contributed by atoms with van der Waals surface area (Å²) in [4.78, 5) is 60.2. The van der Waals surface area contributed by atoms with E-state index in [9.17, 15) is 28.4 Å². The van der Waals surface area contributed by atoms with Crippen LogP contribution >= 0.6 is 15.6 Å². The predicted octanol–water partition coefficient (Wildman–Crippen LogP) is -0.0826. The largest absolute Gasteiger partial charge is 0.756 e. The summed E-state index contributed by atoms with van der Waals surface area (Å²) in [6, 6.07) is 1.15. The molecule has 1 fully saturated rings. The molecule has 1 aliphatic heterocycles. The lowest BCUT2D eigenvalue weighted by atomic mass is 10.2. The fraction of sp³-hybridized carbons (Fsp3) is 0.750. The number of H-pyrrole nitrogens is 1. The summed E-state index contributed by atoms with van der Waals surface area (Å²) in [5.74, 6) is 0. The molecule has 0 radical (unpaired) electrons. The number of hydrogen-bond donors (Lipinski definition) is 3. The van der Waals surface area contributed by atoms with Gasteiger partial charge in [0.25, 0.3) is 13.4 Å². The van der Waals surface area contributed by atoms with Gasteiger partial charge in [0.15, 0.2) is 6.23 Å². The third-order valence-electron chi connectivity index (χ3n) is 5.50. The fourth-order valence-corrected chi connectivity index (χ4v) is 4.44. The van der Waals surface area contributed by atoms with Crippen LogP contribution < -0.4 is 21.5 Å². The molecule has 4 atom stereocenters. The maximum absolute atomic E-state index is 12.2. The molecule has 2 rings (SSSR count). The second-order valence-electron chi connectivity index (χ2n) is 8.38. The second-order valence-corrected chi connectivity index (χ2v) is 11.5. The molecule has 1 amide bonds. The normalized spacial score (nSPS) is 21.1. The van der Waals surface area contributed by atoms with Gasteiger partial charge in [-0.15, -0.1) is 0 Å². The number of aromatic nitrogens is 2. The number of ether oxygens (including phenoxy) is 2. The number of unbranched alkanes of at least 4 members (excludes halogenated alkanes) is 3. The molecule has 1 aliphatic rings. The van der Waals surface area contributed by atoms with Gasteiger partial charge < -0.3 is 33.6 Å². The van der Waals surface area contributed by atoms with Gasteiger partial charge in [0.1, 0.15) is 6.61 Å². The Hall–Kier alpha value is -1.91. The molecule has 1 aromatic rings. The average Bonchev–Trinajstić information content (AvgIpc) is 2.89. The smallest absolute Gasteiger partial charge is 0.471 e. The molecular weight excluding hydrogens is 566 g/mol. The van der Waals surface area contributed by atoms with Gasteiger partial charge in [0, 0.05) is 52.7 Å². The van der Waals surface area contributed by atoms with Crippen LogP contribution in [0.15, 0.2) is 21.9 Å². The van der Waals surface area contributed by atoms with E-state index in [0.29, 0.717) is 19.4 Å². The molecule has 224 valence electrons. The van der Waals surface area contributed by atoms with Crippen LogP contribution in [-0.4, -0.2) is 91.8 Å². The number of morpholine rings is 1. The van der Waals surface area contributed by atoms with Gasteiger partial charge in [-0.25, -0.2) is 14.2 Å². The number of nitrogens with one attached hydrogen (secondary N) is 2. The highest BCUT2D eigenvalue weighted by Gasteiger charge is 2.30. The van der Waals surface area contributed by atoms with E-state index in [1.54, 1.807) is 4.90 Å². The Labute approximate surface area is 224 Å². The molecule has 17 nitrogen and oxygen atoms in total. The lowest BCUT2D eigenvalue weighted by Crippen LogP contribution is -2.50. The number of rotatable bonds is 17. The van der Waals surface area contributed by atoms with Crippen molar-refractivity contribution < 1.29 is 51.3 Å². The lowest BCUT2D eigenvalue weighted by molar-refractivity contribution is -0.228. The van der Waals surface area contributed by atoms with E-state index in [0.717, 1.165) is 37.7 Å². The molecule has 0 saturated carbocycles. The van der Waals surface area contributed by atoms with Crippen LogP contribution in [0.2, 0.25) is 0 Å². The summed E-state index contributed by atoms with van der Waals surface area (Å²) in [5, 5.41) is 2.63. The number of phosphoric ester groups is 2. The monoisotopic (exact) mass is 601 g/mol. The van der Waals surface area contributed by atoms with Crippen LogP contribution in [-0.2, 0) is 36.7 Å². The summed E-state index contributed by atoms with van der Waals surface area (Å²) >= 11 is 0. The summed E-state index contributed by atoms with van der Waals surface area (Å²) in [6.45, 7) is 0.736. The van der Waals surface area contributed by atoms with Gasteiger partial charge >= 0.3 is 19.6 Å². The highest BCUT2D eigenvalue weighted by Crippen LogP contribution is 2.42. The van der Waals surface area contributed by atoms with Crippen LogP contribution in [0, 0.1) is 0 Å². The van der Waals surface area contributed by atoms with Crippen molar-refractivity contribution in [2.75, 3.05) is 60.2 Å². The van der Waals surface area contributed by atoms with Crippen molar-refractivity contribution in [3.05, 3.63) is 33.1 Å². The first kappa shape index (κ1) is 33.3. The zero-order valence-corrected chi connectivity index (χ0v) is 23.5. The molecular formula is C20H35N4O13P2-. The molecule has 0 bridgehead atoms. The standard InChI is InChI=1S/C20H36N4O13P2/c1-32-38(28,29)35-11-6-4-3-5-8-21-20(27)34-12-10-23-13-16(15-36-39(30,31)33-2)37-18(14-23)24-9-7-17(25)22-19(24)26/h7,9,16,18H,3-6,8,10-15H2,1-2H3,(H,21,27)(H,28,29)(H,30,31)(H,22,25,26)/p-1/t16-,18+/m0/s1. The Kier molecular flexibility index (Phi) is 14.0. The zero-order chi connectivity index (χ0) is 28.9. The molecule has 1 aromatic heterocycles. The third-order valence-corrected chi connectivity index (χ3v) is 7.38. The van der Waals surface area contributed by atoms with E-state index >= 15 is 0 Å². The van der Waals surface area contributed by atoms with Crippen molar-refractivity contribution in [1.29, 1.82) is 0 Å². The topological polar surface area (TPSA) is 220 Å². The molecule has 1 saturated heterocycles. The van der Waals surface area contributed by atoms with Crippen molar-refractivity contribution in [2.24, 2.45) is 0 Å². The minimum Gasteiger partial charge on any atom is -0.756 e. The summed E-state index contributed by atoms with van der Waals surface area (Å²) in [7, 11) is -6.41. The highest BCUT2D eigenvalue weighted by atomic mass is 31.2. The second kappa shape index (κ2) is 16.4. The SMILES string of the molecule is COP(=O)([O-])OC[C@@H]1CN(CCOC(=O)NCCCCCCOP(=O)(O)OC)C[C@H](n2ccc(=O)[nH]c2=O)O1. The lowest BCUT2D eigenvalue weighted by Gasteiger charge is -2.38. The first-order valence-electron chi connectivity index (χ1n) is 12.1. The number of alkyl carbamates (subject to hydrolysis) is 1. The predicted molar refractivity (Wildman–Crippen MR) is 133 cm³/mol. The molecule has 3 N–H and O–H groups in total. The van der Waals surface area contributed by atoms with E-state index in [2.05, 4.69) is 19.3 Å². The molecule has 2 unspecified atom stereocenters. The zero-order valence-electron chi connectivity index (χ0n) is 21.7. The maximum Gasteiger partial charge on any atom is 0.471 e. The minimum absolute atomic E-state index is 0.00280. The Bertz CT molecular complexity index is 1110. The van der Waals surface area contributed by atoms with E-state index < -0.39 is 45.3 Å². The fourth-order valence-electron chi connectivity index (χ4n) is 3.52. The Morgan fingerprint density at radius 2 is 1.90 bits per heavy atom. The van der Waals surface area contributed by atoms with Gasteiger partial charge in [0.2, 0.25) is 0 Å². The molecule has 0 aromatic carbocycles. The van der Waals surface area contributed by atoms with E-state index in [1.807, 2.05) is 0 Å². The molecule has 0 aliphatic carbocycles. The molecule has 2 heterocycles. The Balaban J connectivity index is 1.76. The summed E-state index contributed by atoms with van der Waals surface area (Å²) in [6.07, 6.45) is 1.72. The van der Waals surface area contributed by atoms with Crippen LogP contribution in [0.3, 0.4) is 0 Å². The number of nitrogens with zero attached hydrogens (tertiary/aromatic N) is 2. The van der Waals surface area contributed by atoms with Crippen molar-refractivity contribution in [3.8, 4) is 0 Å². The number of hydrogen-bond acceptors (Lipinski definition) is 13. The van der Waals surface area contributed by atoms with E-state index in [4.69, 9.17) is 23.4 Å². The Morgan fingerprint density at radius 1 is 1.15 bits per heavy atom. The third kappa shape index (κ3) is 12.9. The summed E-state index contributed by atoms with van der Waals surface area (Å²) < 4.78 is 53.0. The first-order valence-corrected chi connectivity index (χ1v) is 15.0. The number of phosphoric acid groups is 2. The number of carbonyl (C=O) groups excluding carboxylic acids is 1. The van der Waals surface area contributed by atoms with Crippen LogP contribution in [0.1, 0.15) is 31.9 Å².